The number of hydrogen-bond donors (Lipinski definition) is 4. The number of aromatic nitrogens is 3. The average Bonchev–Trinajstić information content (AvgIpc) is 3.83. The molecule has 7 rings (SSSR count). The van der Waals surface area contributed by atoms with Gasteiger partial charge in [0.15, 0.2) is 0 Å². The first-order chi connectivity index (χ1) is 30.1. The van der Waals surface area contributed by atoms with Gasteiger partial charge in [0.05, 0.1) is 50.1 Å². The summed E-state index contributed by atoms with van der Waals surface area (Å²) in [5.74, 6) is 6.04. The molecule has 0 aliphatic carbocycles. The van der Waals surface area contributed by atoms with Crippen molar-refractivity contribution >= 4 is 17.8 Å². The first-order valence-electron chi connectivity index (χ1n) is 20.8. The molecule has 18 heteroatoms. The number of hydrogen-bond acceptors (Lipinski definition) is 10. The molecule has 0 saturated carbocycles. The number of benzene rings is 2. The van der Waals surface area contributed by atoms with E-state index in [-0.39, 0.29) is 19.5 Å². The summed E-state index contributed by atoms with van der Waals surface area (Å²) in [6.07, 6.45) is -0.730. The summed E-state index contributed by atoms with van der Waals surface area (Å²) < 4.78 is 79.1. The van der Waals surface area contributed by atoms with Gasteiger partial charge in [-0.05, 0) is 74.1 Å². The van der Waals surface area contributed by atoms with E-state index in [0.717, 1.165) is 64.2 Å². The Hall–Kier alpha value is -5.61. The first-order valence-corrected chi connectivity index (χ1v) is 20.8. The van der Waals surface area contributed by atoms with Gasteiger partial charge in [-0.25, -0.2) is 14.5 Å². The number of piperazine rings is 1. The lowest BCUT2D eigenvalue weighted by Crippen LogP contribution is -2.62. The van der Waals surface area contributed by atoms with Crippen LogP contribution in [0.4, 0.5) is 32.6 Å². The molecule has 3 unspecified atom stereocenters. The van der Waals surface area contributed by atoms with Crippen molar-refractivity contribution in [1.82, 2.24) is 35.6 Å². The third-order valence-corrected chi connectivity index (χ3v) is 12.1. The van der Waals surface area contributed by atoms with Gasteiger partial charge in [0.25, 0.3) is 0 Å². The maximum atomic E-state index is 14.2. The second kappa shape index (κ2) is 19.4. The number of fused-ring (bicyclic) bond motifs is 2. The number of nitrogens with zero attached hydrogens (tertiary/aromatic N) is 5. The smallest absolute Gasteiger partial charge is 0.407 e. The van der Waals surface area contributed by atoms with E-state index >= 15 is 0 Å². The monoisotopic (exact) mass is 878 g/mol. The largest absolute Gasteiger partial charge is 0.453 e. The number of aliphatic hydroxyl groups is 1. The normalized spacial score (nSPS) is 19.4. The summed E-state index contributed by atoms with van der Waals surface area (Å²) in [4.78, 5) is 35.5. The van der Waals surface area contributed by atoms with Crippen LogP contribution < -0.4 is 20.9 Å². The van der Waals surface area contributed by atoms with E-state index in [1.54, 1.807) is 54.7 Å². The summed E-state index contributed by atoms with van der Waals surface area (Å²) in [5, 5.41) is 22.8. The lowest BCUT2D eigenvalue weighted by atomic mass is 9.82. The van der Waals surface area contributed by atoms with E-state index in [0.29, 0.717) is 45.1 Å². The van der Waals surface area contributed by atoms with Gasteiger partial charge >= 0.3 is 18.8 Å². The predicted molar refractivity (Wildman–Crippen MR) is 224 cm³/mol. The van der Waals surface area contributed by atoms with Crippen LogP contribution in [0.1, 0.15) is 55.5 Å². The second-order valence-corrected chi connectivity index (χ2v) is 16.8. The van der Waals surface area contributed by atoms with Crippen molar-refractivity contribution in [3.8, 4) is 23.0 Å². The molecule has 2 aromatic heterocycles. The summed E-state index contributed by atoms with van der Waals surface area (Å²) in [7, 11) is 0.969. The second-order valence-electron chi connectivity index (χ2n) is 16.8. The number of methoxy groups -OCH3 is 1. The molecule has 5 atom stereocenters. The molecule has 3 aliphatic rings. The molecule has 13 nitrogen and oxygen atoms in total. The van der Waals surface area contributed by atoms with E-state index in [9.17, 15) is 36.6 Å². The van der Waals surface area contributed by atoms with E-state index in [2.05, 4.69) is 42.1 Å². The summed E-state index contributed by atoms with van der Waals surface area (Å²) in [6, 6.07) is 16.3. The molecule has 0 spiro atoms. The number of nitrogens with one attached hydrogen (secondary N) is 3. The van der Waals surface area contributed by atoms with Gasteiger partial charge < -0.3 is 35.4 Å². The number of anilines is 1. The maximum absolute atomic E-state index is 14.2. The number of carbonyl (C=O) groups is 2. The molecule has 3 fully saturated rings. The summed E-state index contributed by atoms with van der Waals surface area (Å²) in [6.45, 7) is 2.49. The van der Waals surface area contributed by atoms with Gasteiger partial charge in [-0.15, -0.1) is 0 Å². The van der Waals surface area contributed by atoms with Crippen LogP contribution >= 0.6 is 0 Å². The number of halogens is 5. The van der Waals surface area contributed by atoms with E-state index in [1.807, 2.05) is 17.4 Å². The number of alkyl halides is 5. The highest BCUT2D eigenvalue weighted by Crippen LogP contribution is 2.41. The van der Waals surface area contributed by atoms with E-state index in [1.165, 1.54) is 25.2 Å². The van der Waals surface area contributed by atoms with Crippen LogP contribution in [0.25, 0.3) is 11.1 Å². The Bertz CT molecular complexity index is 2230. The highest BCUT2D eigenvalue weighted by Gasteiger charge is 2.56. The topological polar surface area (TPSA) is 146 Å². The highest BCUT2D eigenvalue weighted by atomic mass is 19.4. The fraction of sp³-hybridized carbons (Fsp3) is 0.467. The van der Waals surface area contributed by atoms with Gasteiger partial charge in [0, 0.05) is 67.3 Å². The molecule has 2 bridgehead atoms. The van der Waals surface area contributed by atoms with Crippen molar-refractivity contribution in [1.29, 1.82) is 0 Å². The number of pyridine rings is 1. The fourth-order valence-electron chi connectivity index (χ4n) is 8.26. The van der Waals surface area contributed by atoms with Gasteiger partial charge in [-0.1, -0.05) is 48.2 Å². The van der Waals surface area contributed by atoms with Crippen LogP contribution in [0, 0.1) is 17.3 Å². The molecule has 3 aliphatic heterocycles. The zero-order valence-electron chi connectivity index (χ0n) is 35.1. The Balaban J connectivity index is 1.00. The minimum absolute atomic E-state index is 0.0104. The highest BCUT2D eigenvalue weighted by molar-refractivity contribution is 5.87. The lowest BCUT2D eigenvalue weighted by molar-refractivity contribution is -0.220. The molecule has 2 aromatic carbocycles. The minimum atomic E-state index is -4.90. The van der Waals surface area contributed by atoms with Crippen LogP contribution in [0.3, 0.4) is 0 Å². The van der Waals surface area contributed by atoms with Crippen LogP contribution in [0.2, 0.25) is 0 Å². The maximum Gasteiger partial charge on any atom is 0.407 e. The molecule has 2 amide bonds. The third-order valence-electron chi connectivity index (χ3n) is 12.1. The molecule has 5 heterocycles. The summed E-state index contributed by atoms with van der Waals surface area (Å²) in [5.41, 5.74) is 1.30. The molecule has 4 aromatic rings. The van der Waals surface area contributed by atoms with Crippen molar-refractivity contribution in [2.24, 2.45) is 5.41 Å². The van der Waals surface area contributed by atoms with Gasteiger partial charge in [0.1, 0.15) is 11.9 Å². The van der Waals surface area contributed by atoms with Crippen LogP contribution in [0.15, 0.2) is 79.3 Å². The number of aliphatic hydroxyl groups excluding tert-OH is 1. The summed E-state index contributed by atoms with van der Waals surface area (Å²) >= 11 is 0. The number of rotatable bonds is 15. The van der Waals surface area contributed by atoms with Crippen molar-refractivity contribution in [3.05, 3.63) is 102 Å². The zero-order chi connectivity index (χ0) is 44.9. The van der Waals surface area contributed by atoms with Gasteiger partial charge in [-0.2, -0.15) is 27.1 Å². The van der Waals surface area contributed by atoms with Crippen LogP contribution in [-0.4, -0.2) is 119 Å². The molecular weight excluding hydrogens is 828 g/mol. The van der Waals surface area contributed by atoms with Crippen LogP contribution in [0.5, 0.6) is 0 Å². The number of ether oxygens (including phenoxy) is 2. The Morgan fingerprint density at radius 3 is 2.11 bits per heavy atom. The van der Waals surface area contributed by atoms with Gasteiger partial charge in [-0.3, -0.25) is 9.69 Å². The van der Waals surface area contributed by atoms with Crippen molar-refractivity contribution in [2.45, 2.75) is 88.7 Å². The standard InChI is InChI=1S/C45H51F5N8O5/c1-44(2,45(48,49)50)40(55-43(61)62-3)41(60)54-37(38(59)22-51-19-30-10-13-32(14-11-30)33-21-53-57(23-33)42(46)47)18-29-7-4-28(5-8-29)6-9-31-12-17-39(52-20-31)56-24-34-15-16-35(25-56)58(34)36-26-63-27-36/h4-5,7-8,10-14,17,20-21,23,34-38,40,42,51,59H,15-16,18-19,22,24-27H2,1-3H3,(H,54,60)(H,55,61)/t34?,35?,37-,38-,40?/m0/s1. The molecule has 4 N–H and O–H groups in total. The Kier molecular flexibility index (Phi) is 14.0. The van der Waals surface area contributed by atoms with E-state index in [4.69, 9.17) is 9.72 Å². The van der Waals surface area contributed by atoms with Gasteiger partial charge in [0.2, 0.25) is 5.91 Å². The molecule has 0 radical (unpaired) electrons. The van der Waals surface area contributed by atoms with Crippen LogP contribution in [-0.2, 0) is 27.2 Å². The quantitative estimate of drug-likeness (QED) is 0.0920. The average molecular weight is 879 g/mol. The fourth-order valence-corrected chi connectivity index (χ4v) is 8.26. The minimum Gasteiger partial charge on any atom is -0.453 e. The van der Waals surface area contributed by atoms with Crippen molar-refractivity contribution in [2.75, 3.05) is 44.9 Å². The zero-order valence-corrected chi connectivity index (χ0v) is 35.1. The number of alkyl carbamates (subject to hydrolysis) is 1. The lowest BCUT2D eigenvalue weighted by Gasteiger charge is -2.47. The first kappa shape index (κ1) is 45.4. The predicted octanol–water partition coefficient (Wildman–Crippen LogP) is 5.28. The van der Waals surface area contributed by atoms with E-state index < -0.39 is 48.3 Å². The van der Waals surface area contributed by atoms with Crippen molar-refractivity contribution in [3.63, 3.8) is 0 Å². The SMILES string of the molecule is COC(=O)NC(C(=O)N[C@@H](Cc1ccc(C#Cc2ccc(N3CC4CCC(C3)N4C3COC3)nc2)cc1)[C@@H](O)CNCc1ccc(-c2cnn(C(F)F)c2)cc1)C(C)(C)C(F)(F)F. The molecular formula is C45H51F5N8O5. The Labute approximate surface area is 362 Å². The Morgan fingerprint density at radius 2 is 1.54 bits per heavy atom. The third kappa shape index (κ3) is 10.8. The number of amides is 2. The molecule has 3 saturated heterocycles. The van der Waals surface area contributed by atoms with Crippen molar-refractivity contribution < 1.29 is 46.1 Å². The number of carbonyl (C=O) groups excluding carboxylic acids is 2. The molecule has 63 heavy (non-hydrogen) atoms. The molecule has 336 valence electrons. The Morgan fingerprint density at radius 1 is 0.889 bits per heavy atom.